The van der Waals surface area contributed by atoms with Crippen LogP contribution >= 0.6 is 0 Å². The zero-order valence-electron chi connectivity index (χ0n) is 11.8. The van der Waals surface area contributed by atoms with Crippen LogP contribution < -0.4 is 10.4 Å². The summed E-state index contributed by atoms with van der Waals surface area (Å²) in [6.45, 7) is 1.97. The quantitative estimate of drug-likeness (QED) is 0.729. The van der Waals surface area contributed by atoms with Crippen molar-refractivity contribution in [2.45, 2.75) is 13.5 Å². The van der Waals surface area contributed by atoms with E-state index in [0.717, 1.165) is 20.0 Å². The fourth-order valence-electron chi connectivity index (χ4n) is 1.69. The Labute approximate surface area is 114 Å². The van der Waals surface area contributed by atoms with Crippen molar-refractivity contribution in [3.63, 3.8) is 0 Å². The first-order chi connectivity index (χ1) is 10.1. The van der Waals surface area contributed by atoms with Crippen LogP contribution in [0.5, 0.6) is 5.88 Å². The summed E-state index contributed by atoms with van der Waals surface area (Å²) in [6, 6.07) is 1.57. The van der Waals surface area contributed by atoms with Crippen molar-refractivity contribution in [2.75, 3.05) is 0 Å². The molecule has 20 heavy (non-hydrogen) atoms. The van der Waals surface area contributed by atoms with Crippen molar-refractivity contribution >= 4 is 0 Å². The number of aromatic amines is 1. The predicted octanol–water partition coefficient (Wildman–Crippen LogP) is 0.170. The average molecular weight is 278 g/mol. The highest BCUT2D eigenvalue weighted by Gasteiger charge is 2.18. The summed E-state index contributed by atoms with van der Waals surface area (Å²) in [5, 5.41) is 12.1. The Balaban J connectivity index is 1.90. The second-order valence-corrected chi connectivity index (χ2v) is 4.16. The van der Waals surface area contributed by atoms with Crippen molar-refractivity contribution in [1.29, 1.82) is 0 Å². The highest BCUT2D eigenvalue weighted by Crippen LogP contribution is 2.20. The number of rotatable bonds is 4. The molecule has 0 aliphatic rings. The largest absolute Gasteiger partial charge is 0.472 e. The second-order valence-electron chi connectivity index (χ2n) is 4.16. The van der Waals surface area contributed by atoms with E-state index in [1.807, 2.05) is 6.92 Å². The molecule has 0 radical (unpaired) electrons. The molecule has 3 rings (SSSR count). The number of ether oxygens (including phenoxy) is 1. The maximum absolute atomic E-state index is 11.9. The first kappa shape index (κ1) is 11.0. The van der Waals surface area contributed by atoms with Gasteiger partial charge in [-0.3, -0.25) is 5.09 Å². The number of hydrogen-bond donors (Lipinski definition) is 1. The number of tetrazole rings is 1. The molecule has 9 nitrogen and oxygen atoms in total. The maximum Gasteiger partial charge on any atom is 0.370 e. The van der Waals surface area contributed by atoms with Crippen molar-refractivity contribution < 1.29 is 10.6 Å². The molecule has 0 spiro atoms. The van der Waals surface area contributed by atoms with Crippen LogP contribution in [0.3, 0.4) is 0 Å². The lowest BCUT2D eigenvalue weighted by molar-refractivity contribution is 0.290. The number of aromatic nitrogens is 6. The highest BCUT2D eigenvalue weighted by molar-refractivity contribution is 5.36. The summed E-state index contributed by atoms with van der Waals surface area (Å²) in [5.74, 6) is 0.568. The molecule has 0 aliphatic carbocycles. The molecule has 0 atom stereocenters. The molecule has 0 aliphatic heterocycles. The van der Waals surface area contributed by atoms with Crippen LogP contribution in [0.1, 0.15) is 11.1 Å². The molecule has 1 N–H and O–H groups in total. The smallest absolute Gasteiger partial charge is 0.370 e. The molecule has 0 amide bonds. The van der Waals surface area contributed by atoms with Crippen LogP contribution in [0.2, 0.25) is 1.41 Å². The molecule has 0 unspecified atom stereocenters. The summed E-state index contributed by atoms with van der Waals surface area (Å²) < 4.78 is 20.3. The van der Waals surface area contributed by atoms with Gasteiger partial charge in [0.1, 0.15) is 6.61 Å². The SMILES string of the molecule is [3H]n1ccc(OCc2c(C)coc2-n2nnn(C)c2=O)n1. The monoisotopic (exact) mass is 278 g/mol. The fraction of sp³-hybridized carbons (Fsp3) is 0.273. The Morgan fingerprint density at radius 2 is 2.40 bits per heavy atom. The molecule has 0 saturated carbocycles. The van der Waals surface area contributed by atoms with Gasteiger partial charge >= 0.3 is 5.69 Å². The molecule has 0 saturated heterocycles. The third kappa shape index (κ3) is 1.98. The van der Waals surface area contributed by atoms with E-state index >= 15 is 0 Å². The number of nitrogens with one attached hydrogen (secondary N) is 1. The fourth-order valence-corrected chi connectivity index (χ4v) is 1.69. The molecule has 0 bridgehead atoms. The number of nitrogens with zero attached hydrogens (tertiary/aromatic N) is 5. The van der Waals surface area contributed by atoms with Gasteiger partial charge in [-0.05, 0) is 22.9 Å². The van der Waals surface area contributed by atoms with Gasteiger partial charge in [0.2, 0.25) is 11.8 Å². The molecular weight excluding hydrogens is 264 g/mol. The van der Waals surface area contributed by atoms with Gasteiger partial charge in [-0.15, -0.1) is 9.78 Å². The van der Waals surface area contributed by atoms with Crippen LogP contribution in [-0.2, 0) is 13.7 Å². The lowest BCUT2D eigenvalue weighted by Gasteiger charge is -2.03. The first-order valence-corrected chi connectivity index (χ1v) is 5.80. The standard InChI is InChI=1S/C11H12N6O3/c1-7-5-20-10(17-11(18)16(2)14-15-17)8(7)6-19-9-3-4-12-13-9/h3-5H,6H2,1-2H3,(H,12,13)/i/hT. The van der Waals surface area contributed by atoms with Gasteiger partial charge in [0.15, 0.2) is 1.41 Å². The lowest BCUT2D eigenvalue weighted by Crippen LogP contribution is -2.22. The number of hydrogen-bond acceptors (Lipinski definition) is 6. The van der Waals surface area contributed by atoms with E-state index in [1.54, 1.807) is 6.07 Å². The van der Waals surface area contributed by atoms with Crippen LogP contribution in [0.25, 0.3) is 5.88 Å². The van der Waals surface area contributed by atoms with Gasteiger partial charge in [0, 0.05) is 19.3 Å². The van der Waals surface area contributed by atoms with E-state index in [1.165, 1.54) is 19.5 Å². The summed E-state index contributed by atoms with van der Waals surface area (Å²) in [4.78, 5) is 11.9. The third-order valence-corrected chi connectivity index (χ3v) is 2.80. The topological polar surface area (TPSA) is 104 Å². The Kier molecular flexibility index (Phi) is 2.58. The zero-order chi connectivity index (χ0) is 15.0. The zero-order valence-corrected chi connectivity index (χ0v) is 10.8. The second kappa shape index (κ2) is 4.68. The van der Waals surface area contributed by atoms with E-state index in [4.69, 9.17) is 10.6 Å². The van der Waals surface area contributed by atoms with E-state index < -0.39 is 5.69 Å². The minimum absolute atomic E-state index is 0.137. The van der Waals surface area contributed by atoms with Crippen molar-refractivity contribution in [2.24, 2.45) is 7.05 Å². The number of aryl methyl sites for hydroxylation is 2. The third-order valence-electron chi connectivity index (χ3n) is 2.80. The Hall–Kier alpha value is -2.84. The first-order valence-electron chi connectivity index (χ1n) is 6.25. The molecule has 104 valence electrons. The molecule has 3 heterocycles. The van der Waals surface area contributed by atoms with E-state index in [0.29, 0.717) is 11.4 Å². The van der Waals surface area contributed by atoms with Gasteiger partial charge in [0.05, 0.1) is 11.8 Å². The van der Waals surface area contributed by atoms with Gasteiger partial charge in [-0.25, -0.2) is 4.79 Å². The van der Waals surface area contributed by atoms with Crippen LogP contribution in [-0.4, -0.2) is 30.0 Å². The van der Waals surface area contributed by atoms with E-state index in [-0.39, 0.29) is 12.5 Å². The minimum atomic E-state index is -0.416. The van der Waals surface area contributed by atoms with Gasteiger partial charge in [-0.1, -0.05) is 0 Å². The normalized spacial score (nSPS) is 11.6. The van der Waals surface area contributed by atoms with E-state index in [9.17, 15) is 4.79 Å². The van der Waals surface area contributed by atoms with Crippen molar-refractivity contribution in [1.82, 2.24) is 30.0 Å². The summed E-state index contributed by atoms with van der Waals surface area (Å²) in [6.07, 6.45) is 2.96. The molecule has 9 heteroatoms. The number of H-pyrrole nitrogens is 1. The highest BCUT2D eigenvalue weighted by atomic mass is 16.5. The summed E-state index contributed by atoms with van der Waals surface area (Å²) in [5.41, 5.74) is 1.06. The van der Waals surface area contributed by atoms with Crippen molar-refractivity contribution in [3.05, 3.63) is 40.1 Å². The van der Waals surface area contributed by atoms with Crippen molar-refractivity contribution in [3.8, 4) is 11.8 Å². The van der Waals surface area contributed by atoms with Gasteiger partial charge < -0.3 is 9.15 Å². The van der Waals surface area contributed by atoms with E-state index in [2.05, 4.69) is 15.5 Å². The van der Waals surface area contributed by atoms with Gasteiger partial charge in [0.25, 0.3) is 0 Å². The molecule has 3 aromatic rings. The van der Waals surface area contributed by atoms with Gasteiger partial charge in [-0.2, -0.15) is 4.68 Å². The average Bonchev–Trinajstić information content (AvgIpc) is 3.11. The summed E-state index contributed by atoms with van der Waals surface area (Å²) >= 11 is 0. The molecule has 0 fully saturated rings. The Morgan fingerprint density at radius 1 is 1.55 bits per heavy atom. The lowest BCUT2D eigenvalue weighted by atomic mass is 10.2. The van der Waals surface area contributed by atoms with Crippen LogP contribution in [0.4, 0.5) is 0 Å². The minimum Gasteiger partial charge on any atom is -0.472 e. The van der Waals surface area contributed by atoms with Crippen LogP contribution in [0.15, 0.2) is 27.7 Å². The predicted molar refractivity (Wildman–Crippen MR) is 66.5 cm³/mol. The Morgan fingerprint density at radius 3 is 3.05 bits per heavy atom. The maximum atomic E-state index is 11.9. The number of furan rings is 1. The molecule has 3 aromatic heterocycles. The molecule has 0 aromatic carbocycles. The van der Waals surface area contributed by atoms with Crippen LogP contribution in [0, 0.1) is 6.92 Å². The Bertz CT molecular complexity index is 829. The molecular formula is C11H12N6O3. The summed E-state index contributed by atoms with van der Waals surface area (Å²) in [7, 11) is 1.50.